The minimum atomic E-state index is -2.48. The maximum Gasteiger partial charge on any atom is 0.326 e. The number of rotatable bonds is 67. The summed E-state index contributed by atoms with van der Waals surface area (Å²) < 4.78 is 0. The van der Waals surface area contributed by atoms with Crippen LogP contribution in [0.4, 0.5) is 0 Å². The molecule has 0 heterocycles. The molecule has 0 bridgehead atoms. The molecule has 35 N–H and O–H groups in total. The predicted octanol–water partition coefficient (Wildman–Crippen LogP) is -11.9. The summed E-state index contributed by atoms with van der Waals surface area (Å²) in [7, 11) is 0. The third-order valence-electron chi connectivity index (χ3n) is 22.1. The van der Waals surface area contributed by atoms with Crippen LogP contribution < -0.4 is 118 Å². The number of carbonyl (C=O) groups excluding carboxylic acids is 21. The van der Waals surface area contributed by atoms with Crippen molar-refractivity contribution in [2.24, 2.45) is 40.9 Å². The molecule has 828 valence electrons. The number of benzene rings is 1. The van der Waals surface area contributed by atoms with Gasteiger partial charge in [-0.2, -0.15) is 11.8 Å². The normalized spacial score (nSPS) is 16.0. The number of aromatic hydroxyl groups is 1. The second-order valence-corrected chi connectivity index (χ2v) is 36.9. The number of phenols is 1. The van der Waals surface area contributed by atoms with E-state index in [2.05, 4.69) is 74.4 Å². The van der Waals surface area contributed by atoms with Crippen molar-refractivity contribution in [3.05, 3.63) is 29.8 Å². The number of hydrogen-bond acceptors (Lipinski definition) is 33. The Labute approximate surface area is 851 Å². The number of nitrogens with one attached hydrogen (secondary N) is 19. The monoisotopic (exact) mass is 2130 g/mol. The van der Waals surface area contributed by atoms with Crippen LogP contribution in [0.5, 0.6) is 5.75 Å². The average Bonchev–Trinajstić information content (AvgIpc) is 0.826. The van der Waals surface area contributed by atoms with Crippen molar-refractivity contribution in [1.29, 1.82) is 0 Å². The van der Waals surface area contributed by atoms with Gasteiger partial charge in [-0.05, 0) is 115 Å². The number of aliphatic carboxylic acids is 6. The number of nitrogens with two attached hydrogens (primary N) is 3. The summed E-state index contributed by atoms with van der Waals surface area (Å²) in [6.45, 7) is 18.9. The number of amides is 21. The van der Waals surface area contributed by atoms with Gasteiger partial charge in [-0.15, -0.1) is 0 Å². The molecule has 0 saturated heterocycles. The van der Waals surface area contributed by atoms with Crippen molar-refractivity contribution in [1.82, 2.24) is 101 Å². The van der Waals surface area contributed by atoms with Crippen molar-refractivity contribution in [2.45, 2.75) is 314 Å². The quantitative estimate of drug-likeness (QED) is 0.0288. The molecule has 24 atom stereocenters. The second-order valence-electron chi connectivity index (χ2n) is 35.9. The highest BCUT2D eigenvalue weighted by molar-refractivity contribution is 7.98. The van der Waals surface area contributed by atoms with Crippen LogP contribution in [0.15, 0.2) is 24.3 Å². The number of carbonyl (C=O) groups is 27. The standard InChI is InChI=1S/C88H138N22O37S/c1-17-36(8)65(88(146)147)107-71(129)39(11)92-69(127)37(9)93-75(133)49(27-55(89)115)99-77(135)48(26-44-18-20-45(114)21-19-44)102-87(145)68(43(15)113)109-80(138)50(28-56(90)116)103-83(141)63(34(4)5)106-81(139)54(32-61(125)126)101-79(137)53(31-60(123)124)100-78(136)52(30-59(121)122)98-70(128)38(10)94-76(134)51(29-58(119)120)104-86(144)67(42(14)112)108-72(130)40(12)95-85(143)66(41(13)111)110-84(142)64(35(6)7)105-74(132)46(22-23-57(117)118)96-73(131)47(24-25-148-16)97-82(140)62(91)33(2)3/h18-21,33-43,46-54,62-68,111-114H,17,22-32,91H2,1-16H3,(H2,89,115)(H2,90,116)(H,92,127)(H,93,133)(H,94,134)(H,95,143)(H,96,131)(H,97,140)(H,98,128)(H,99,135)(H,100,136)(H,101,137)(H,102,145)(H,103,141)(H,104,144)(H,105,132)(H,106,139)(H,107,129)(H,108,130)(H,109,138)(H,110,142)(H,117,118)(H,119,120)(H,121,122)(H,123,124)(H,125,126)(H,146,147)/t36-,37-,38-,39-,40-,41+,42+,43+,46-,47-,48-,49-,50-,51-,52-,53-,54-,62-,63-,64-,65-,66-,67-,68-/m0/s1. The fourth-order valence-corrected chi connectivity index (χ4v) is 13.7. The number of aliphatic hydroxyl groups excluding tert-OH is 3. The molecule has 0 saturated carbocycles. The van der Waals surface area contributed by atoms with E-state index in [1.807, 2.05) is 26.6 Å². The zero-order valence-electron chi connectivity index (χ0n) is 84.0. The highest BCUT2D eigenvalue weighted by atomic mass is 32.2. The zero-order valence-corrected chi connectivity index (χ0v) is 84.8. The van der Waals surface area contributed by atoms with E-state index in [4.69, 9.17) is 17.2 Å². The SMILES string of the molecule is CC[C@H](C)[C@H](NC(=O)[C@H](C)NC(=O)[C@H](C)NC(=O)[C@H](CC(N)=O)NC(=O)[C@H](Cc1ccc(O)cc1)NC(=O)[C@@H](NC(=O)[C@H](CC(N)=O)NC(=O)[C@@H](NC(=O)[C@H](CC(=O)O)NC(=O)[C@H](CC(=O)O)NC(=O)[C@H](CC(=O)O)NC(=O)[C@H](C)NC(=O)[C@H](CC(=O)O)NC(=O)[C@@H](NC(=O)[C@H](C)NC(=O)[C@@H](NC(=O)[C@@H](NC(=O)[C@H](CCC(=O)O)NC(=O)[C@H](CCSC)NC(=O)[C@@H](N)C(C)C)C(C)C)[C@@H](C)O)[C@@H](C)O)C(C)C)[C@@H](C)O)C(=O)O. The topological polar surface area (TPSA) is 970 Å². The fourth-order valence-electron chi connectivity index (χ4n) is 13.3. The van der Waals surface area contributed by atoms with Crippen molar-refractivity contribution >= 4 is 172 Å². The Morgan fingerprint density at radius 1 is 0.284 bits per heavy atom. The Morgan fingerprint density at radius 2 is 0.527 bits per heavy atom. The van der Waals surface area contributed by atoms with E-state index in [1.54, 1.807) is 34.0 Å². The number of aliphatic hydroxyl groups is 3. The van der Waals surface area contributed by atoms with Gasteiger partial charge < -0.3 is 169 Å². The van der Waals surface area contributed by atoms with Gasteiger partial charge in [0.1, 0.15) is 121 Å². The second kappa shape index (κ2) is 63.3. The van der Waals surface area contributed by atoms with Gasteiger partial charge in [-0.25, -0.2) is 4.79 Å². The molecule has 0 aliphatic carbocycles. The number of hydrogen-bond donors (Lipinski definition) is 32. The minimum absolute atomic E-state index is 0.0388. The Balaban J connectivity index is 3.55. The summed E-state index contributed by atoms with van der Waals surface area (Å²) in [5.41, 5.74) is 17.0. The van der Waals surface area contributed by atoms with Crippen LogP contribution in [0.3, 0.4) is 0 Å². The lowest BCUT2D eigenvalue weighted by molar-refractivity contribution is -0.144. The number of phenolic OH excluding ortho intramolecular Hbond substituents is 1. The Hall–Kier alpha value is -15.1. The van der Waals surface area contributed by atoms with E-state index in [0.29, 0.717) is 12.2 Å². The molecule has 0 fully saturated rings. The lowest BCUT2D eigenvalue weighted by Gasteiger charge is -2.29. The third kappa shape index (κ3) is 46.5. The maximum atomic E-state index is 14.3. The first kappa shape index (κ1) is 131. The number of carboxylic acids is 6. The Bertz CT molecular complexity index is 4930. The van der Waals surface area contributed by atoms with Crippen LogP contribution in [0.25, 0.3) is 0 Å². The lowest BCUT2D eigenvalue weighted by Crippen LogP contribution is -2.63. The molecule has 0 aliphatic rings. The van der Waals surface area contributed by atoms with Crippen LogP contribution in [0.2, 0.25) is 0 Å². The van der Waals surface area contributed by atoms with E-state index >= 15 is 0 Å². The molecule has 0 aliphatic heterocycles. The summed E-state index contributed by atoms with van der Waals surface area (Å²) in [6, 6.07) is -32.8. The van der Waals surface area contributed by atoms with E-state index in [1.165, 1.54) is 58.5 Å². The smallest absolute Gasteiger partial charge is 0.326 e. The molecule has 60 heteroatoms. The summed E-state index contributed by atoms with van der Waals surface area (Å²) in [4.78, 5) is 360. The number of carboxylic acid groups (broad SMARTS) is 6. The van der Waals surface area contributed by atoms with Gasteiger partial charge >= 0.3 is 35.8 Å². The van der Waals surface area contributed by atoms with E-state index in [9.17, 15) is 181 Å². The molecule has 0 unspecified atom stereocenters. The van der Waals surface area contributed by atoms with Gasteiger partial charge in [0.15, 0.2) is 0 Å². The van der Waals surface area contributed by atoms with Gasteiger partial charge in [0, 0.05) is 12.8 Å². The largest absolute Gasteiger partial charge is 0.508 e. The first-order valence-electron chi connectivity index (χ1n) is 46.3. The van der Waals surface area contributed by atoms with E-state index in [-0.39, 0.29) is 23.7 Å². The number of thioether (sulfide) groups is 1. The molecule has 1 aromatic carbocycles. The van der Waals surface area contributed by atoms with Crippen LogP contribution in [-0.2, 0) is 136 Å². The molecule has 0 radical (unpaired) electrons. The molecule has 21 amide bonds. The maximum absolute atomic E-state index is 14.3. The molecule has 148 heavy (non-hydrogen) atoms. The molecule has 0 aromatic heterocycles. The lowest BCUT2D eigenvalue weighted by atomic mass is 9.99. The van der Waals surface area contributed by atoms with Crippen LogP contribution >= 0.6 is 11.8 Å². The predicted molar refractivity (Wildman–Crippen MR) is 512 cm³/mol. The number of primary amides is 2. The van der Waals surface area contributed by atoms with Crippen molar-refractivity contribution < 1.29 is 181 Å². The van der Waals surface area contributed by atoms with Crippen LogP contribution in [0.1, 0.15) is 174 Å². The molecule has 1 aromatic rings. The van der Waals surface area contributed by atoms with E-state index < -0.39 is 375 Å². The molecular weight excluding hydrogens is 1990 g/mol. The van der Waals surface area contributed by atoms with Gasteiger partial charge in [0.2, 0.25) is 124 Å². The van der Waals surface area contributed by atoms with Crippen LogP contribution in [-0.4, -0.2) is 362 Å². The van der Waals surface area contributed by atoms with E-state index in [0.717, 1.165) is 53.7 Å². The third-order valence-corrected chi connectivity index (χ3v) is 22.8. The van der Waals surface area contributed by atoms with Crippen molar-refractivity contribution in [2.75, 3.05) is 12.0 Å². The summed E-state index contributed by atoms with van der Waals surface area (Å²) in [6.07, 6.45) is -13.3. The van der Waals surface area contributed by atoms with Crippen molar-refractivity contribution in [3.8, 4) is 5.75 Å². The molecule has 1 rings (SSSR count). The zero-order chi connectivity index (χ0) is 114. The highest BCUT2D eigenvalue weighted by Crippen LogP contribution is 2.18. The van der Waals surface area contributed by atoms with Gasteiger partial charge in [0.05, 0.1) is 62.9 Å². The fraction of sp³-hybridized carbons (Fsp3) is 0.625. The molecule has 0 spiro atoms. The van der Waals surface area contributed by atoms with Crippen LogP contribution in [0, 0.1) is 23.7 Å². The Morgan fingerprint density at radius 3 is 0.865 bits per heavy atom. The first-order valence-corrected chi connectivity index (χ1v) is 47.7. The van der Waals surface area contributed by atoms with Crippen molar-refractivity contribution in [3.63, 3.8) is 0 Å². The summed E-state index contributed by atoms with van der Waals surface area (Å²) in [5, 5.41) is 142. The molecular formula is C88H138N22O37S. The average molecular weight is 2130 g/mol. The minimum Gasteiger partial charge on any atom is -0.508 e. The van der Waals surface area contributed by atoms with Gasteiger partial charge in [-0.1, -0.05) is 73.9 Å². The van der Waals surface area contributed by atoms with Gasteiger partial charge in [-0.3, -0.25) is 125 Å². The summed E-state index contributed by atoms with van der Waals surface area (Å²) >= 11 is 1.31. The first-order chi connectivity index (χ1) is 68.6. The Kier molecular flexibility index (Phi) is 56.0. The van der Waals surface area contributed by atoms with Gasteiger partial charge in [0.25, 0.3) is 0 Å². The molecule has 59 nitrogen and oxygen atoms in total. The highest BCUT2D eigenvalue weighted by Gasteiger charge is 2.44. The summed E-state index contributed by atoms with van der Waals surface area (Å²) in [5.74, 6) is -40.9.